The quantitative estimate of drug-likeness (QED) is 0.444. The highest BCUT2D eigenvalue weighted by Gasteiger charge is 2.42. The summed E-state index contributed by atoms with van der Waals surface area (Å²) in [5.41, 5.74) is 4.19. The molecule has 1 aliphatic rings. The van der Waals surface area contributed by atoms with Crippen LogP contribution in [0.2, 0.25) is 0 Å². The Labute approximate surface area is 192 Å². The molecule has 0 aliphatic carbocycles. The topological polar surface area (TPSA) is 55.2 Å². The van der Waals surface area contributed by atoms with E-state index in [0.717, 1.165) is 34.9 Å². The van der Waals surface area contributed by atoms with Gasteiger partial charge in [0.25, 0.3) is 0 Å². The molecule has 1 saturated heterocycles. The molecule has 0 radical (unpaired) electrons. The molecule has 1 aromatic carbocycles. The fourth-order valence-corrected chi connectivity index (χ4v) is 4.57. The molecule has 3 aromatic heterocycles. The Morgan fingerprint density at radius 1 is 1.03 bits per heavy atom. The van der Waals surface area contributed by atoms with Gasteiger partial charge in [-0.2, -0.15) is 0 Å². The van der Waals surface area contributed by atoms with Crippen LogP contribution in [0.25, 0.3) is 0 Å². The fourth-order valence-electron chi connectivity index (χ4n) is 4.22. The lowest BCUT2D eigenvalue weighted by Crippen LogP contribution is -2.30. The Hall–Kier alpha value is -3.71. The molecule has 0 bridgehead atoms. The zero-order valence-corrected chi connectivity index (χ0v) is 18.4. The van der Waals surface area contributed by atoms with Crippen molar-refractivity contribution in [3.63, 3.8) is 0 Å². The summed E-state index contributed by atoms with van der Waals surface area (Å²) in [7, 11) is 1.67. The van der Waals surface area contributed by atoms with Gasteiger partial charge in [-0.05, 0) is 60.2 Å². The minimum absolute atomic E-state index is 0.0869. The molecule has 1 aliphatic heterocycles. The van der Waals surface area contributed by atoms with E-state index >= 15 is 0 Å². The first-order valence-electron chi connectivity index (χ1n) is 10.4. The van der Waals surface area contributed by atoms with Crippen LogP contribution in [0, 0.1) is 0 Å². The minimum atomic E-state index is -0.0996. The van der Waals surface area contributed by atoms with Crippen LogP contribution in [0.5, 0.6) is 5.75 Å². The van der Waals surface area contributed by atoms with Crippen LogP contribution >= 0.6 is 12.2 Å². The van der Waals surface area contributed by atoms with E-state index in [0.29, 0.717) is 5.11 Å². The smallest absolute Gasteiger partial charge is 0.174 e. The molecule has 160 valence electrons. The van der Waals surface area contributed by atoms with E-state index in [2.05, 4.69) is 55.2 Å². The van der Waals surface area contributed by atoms with E-state index in [1.165, 1.54) is 0 Å². The van der Waals surface area contributed by atoms with Crippen LogP contribution in [0.1, 0.15) is 29.0 Å². The van der Waals surface area contributed by atoms with Crippen LogP contribution in [-0.2, 0) is 6.54 Å². The van der Waals surface area contributed by atoms with Crippen LogP contribution in [0.15, 0.2) is 91.5 Å². The minimum Gasteiger partial charge on any atom is -0.497 e. The Morgan fingerprint density at radius 2 is 1.97 bits per heavy atom. The molecule has 32 heavy (non-hydrogen) atoms. The third-order valence-corrected chi connectivity index (χ3v) is 5.99. The molecule has 1 fully saturated rings. The number of ether oxygens (including phenoxy) is 1. The van der Waals surface area contributed by atoms with Crippen molar-refractivity contribution >= 4 is 23.0 Å². The van der Waals surface area contributed by atoms with Crippen molar-refractivity contribution in [2.24, 2.45) is 0 Å². The first-order valence-corrected chi connectivity index (χ1v) is 10.8. The first kappa shape index (κ1) is 20.2. The van der Waals surface area contributed by atoms with Crippen molar-refractivity contribution in [1.82, 2.24) is 19.9 Å². The molecule has 2 atom stereocenters. The average Bonchev–Trinajstić information content (AvgIpc) is 3.43. The number of nitrogens with zero attached hydrogens (tertiary/aromatic N) is 4. The molecule has 6 nitrogen and oxygen atoms in total. The second kappa shape index (κ2) is 8.80. The Morgan fingerprint density at radius 3 is 2.75 bits per heavy atom. The molecule has 7 heteroatoms. The molecule has 5 rings (SSSR count). The van der Waals surface area contributed by atoms with Gasteiger partial charge in [-0.15, -0.1) is 0 Å². The van der Waals surface area contributed by atoms with Crippen molar-refractivity contribution < 1.29 is 4.74 Å². The van der Waals surface area contributed by atoms with Crippen LogP contribution in [0.3, 0.4) is 0 Å². The summed E-state index contributed by atoms with van der Waals surface area (Å²) in [6.07, 6.45) is 7.61. The van der Waals surface area contributed by atoms with Gasteiger partial charge in [0.15, 0.2) is 5.11 Å². The summed E-state index contributed by atoms with van der Waals surface area (Å²) in [6.45, 7) is 0.723. The van der Waals surface area contributed by atoms with Crippen LogP contribution in [0.4, 0.5) is 5.69 Å². The van der Waals surface area contributed by atoms with Crippen molar-refractivity contribution in [2.75, 3.05) is 12.0 Å². The van der Waals surface area contributed by atoms with Crippen molar-refractivity contribution in [1.29, 1.82) is 0 Å². The normalized spacial score (nSPS) is 17.9. The lowest BCUT2D eigenvalue weighted by molar-refractivity contribution is 0.414. The average molecular weight is 442 g/mol. The lowest BCUT2D eigenvalue weighted by atomic mass is 10.0. The van der Waals surface area contributed by atoms with Gasteiger partial charge in [0, 0.05) is 48.8 Å². The van der Waals surface area contributed by atoms with E-state index in [1.807, 2.05) is 54.9 Å². The summed E-state index contributed by atoms with van der Waals surface area (Å²) < 4.78 is 7.73. The van der Waals surface area contributed by atoms with Gasteiger partial charge in [-0.1, -0.05) is 18.2 Å². The number of rotatable bonds is 6. The Balaban J connectivity index is 1.60. The van der Waals surface area contributed by atoms with Gasteiger partial charge in [0.2, 0.25) is 0 Å². The van der Waals surface area contributed by atoms with Crippen LogP contribution in [-0.4, -0.2) is 26.8 Å². The van der Waals surface area contributed by atoms with Gasteiger partial charge in [-0.25, -0.2) is 0 Å². The number of pyridine rings is 2. The van der Waals surface area contributed by atoms with Gasteiger partial charge >= 0.3 is 0 Å². The second-order valence-electron chi connectivity index (χ2n) is 7.62. The van der Waals surface area contributed by atoms with Crippen LogP contribution < -0.4 is 15.0 Å². The predicted octanol–water partition coefficient (Wildman–Crippen LogP) is 4.51. The van der Waals surface area contributed by atoms with E-state index in [4.69, 9.17) is 17.0 Å². The van der Waals surface area contributed by atoms with E-state index in [-0.39, 0.29) is 12.1 Å². The summed E-state index contributed by atoms with van der Waals surface area (Å²) in [6, 6.07) is 22.0. The molecular formula is C25H23N5OS. The zero-order chi connectivity index (χ0) is 21.9. The molecule has 4 aromatic rings. The number of nitrogens with one attached hydrogen (secondary N) is 1. The number of hydrogen-bond acceptors (Lipinski definition) is 4. The standard InChI is InChI=1S/C25H23N5OS/c1-31-20-9-4-8-19(15-20)30-24(23(28-25(30)32)21-10-2-3-13-27-21)22-11-6-14-29(22)17-18-7-5-12-26-16-18/h2-16,23-24H,17H2,1H3,(H,28,32)/t23-,24+/m1/s1. The fraction of sp³-hybridized carbons (Fsp3) is 0.160. The second-order valence-corrected chi connectivity index (χ2v) is 8.01. The number of thiocarbonyl (C=S) groups is 1. The number of benzene rings is 1. The molecule has 0 saturated carbocycles. The maximum Gasteiger partial charge on any atom is 0.174 e. The highest BCUT2D eigenvalue weighted by molar-refractivity contribution is 7.80. The molecule has 4 heterocycles. The molecular weight excluding hydrogens is 418 g/mol. The number of anilines is 1. The van der Waals surface area contributed by atoms with Crippen molar-refractivity contribution in [3.05, 3.63) is 108 Å². The highest BCUT2D eigenvalue weighted by Crippen LogP contribution is 2.42. The number of hydrogen-bond donors (Lipinski definition) is 1. The third kappa shape index (κ3) is 3.83. The molecule has 0 unspecified atom stereocenters. The van der Waals surface area contributed by atoms with Gasteiger partial charge in [-0.3, -0.25) is 9.97 Å². The Bertz CT molecular complexity index is 1210. The van der Waals surface area contributed by atoms with E-state index < -0.39 is 0 Å². The maximum absolute atomic E-state index is 5.83. The predicted molar refractivity (Wildman–Crippen MR) is 129 cm³/mol. The largest absolute Gasteiger partial charge is 0.497 e. The Kier molecular flexibility index (Phi) is 5.56. The van der Waals surface area contributed by atoms with E-state index in [9.17, 15) is 0 Å². The van der Waals surface area contributed by atoms with Gasteiger partial charge in [0.1, 0.15) is 11.8 Å². The number of methoxy groups -OCH3 is 1. The third-order valence-electron chi connectivity index (χ3n) is 5.67. The number of aromatic nitrogens is 3. The monoisotopic (exact) mass is 441 g/mol. The van der Waals surface area contributed by atoms with Gasteiger partial charge in [0.05, 0.1) is 18.8 Å². The van der Waals surface area contributed by atoms with Crippen molar-refractivity contribution in [2.45, 2.75) is 18.6 Å². The summed E-state index contributed by atoms with van der Waals surface area (Å²) in [4.78, 5) is 11.1. The summed E-state index contributed by atoms with van der Waals surface area (Å²) in [5, 5.41) is 4.17. The SMILES string of the molecule is COc1cccc(N2C(=S)N[C@H](c3ccccn3)[C@@H]2c2cccn2Cc2cccnc2)c1. The zero-order valence-electron chi connectivity index (χ0n) is 17.6. The van der Waals surface area contributed by atoms with Crippen molar-refractivity contribution in [3.8, 4) is 5.75 Å². The first-order chi connectivity index (χ1) is 15.7. The lowest BCUT2D eigenvalue weighted by Gasteiger charge is -2.29. The summed E-state index contributed by atoms with van der Waals surface area (Å²) in [5.74, 6) is 0.788. The summed E-state index contributed by atoms with van der Waals surface area (Å²) >= 11 is 5.83. The maximum atomic E-state index is 5.83. The molecule has 0 amide bonds. The van der Waals surface area contributed by atoms with E-state index in [1.54, 1.807) is 13.3 Å². The molecule has 0 spiro atoms. The van der Waals surface area contributed by atoms with Gasteiger partial charge < -0.3 is 19.5 Å². The highest BCUT2D eigenvalue weighted by atomic mass is 32.1. The molecule has 1 N–H and O–H groups in total.